The van der Waals surface area contributed by atoms with Gasteiger partial charge in [-0.1, -0.05) is 18.2 Å². The zero-order chi connectivity index (χ0) is 17.4. The first-order chi connectivity index (χ1) is 11.6. The van der Waals surface area contributed by atoms with Crippen LogP contribution in [-0.2, 0) is 6.54 Å². The number of carbonyl (C=O) groups excluding carboxylic acids is 1. The number of benzene rings is 1. The average molecular weight is 329 g/mol. The summed E-state index contributed by atoms with van der Waals surface area (Å²) >= 11 is 0. The molecular weight excluding hydrogens is 306 g/mol. The van der Waals surface area contributed by atoms with Crippen LogP contribution in [-0.4, -0.2) is 24.7 Å². The van der Waals surface area contributed by atoms with Gasteiger partial charge in [-0.3, -0.25) is 0 Å². The lowest BCUT2D eigenvalue weighted by atomic mass is 10.1. The van der Waals surface area contributed by atoms with E-state index in [1.165, 1.54) is 0 Å². The zero-order valence-corrected chi connectivity index (χ0v) is 14.2. The van der Waals surface area contributed by atoms with E-state index in [1.807, 2.05) is 44.2 Å². The predicted molar refractivity (Wildman–Crippen MR) is 92.2 cm³/mol. The quantitative estimate of drug-likeness (QED) is 0.819. The SMILES string of the molecule is CCOc1cccc(C(C)NC(=O)NCc2ccc(OC)nc2)c1. The Kier molecular flexibility index (Phi) is 6.42. The summed E-state index contributed by atoms with van der Waals surface area (Å²) in [5.74, 6) is 1.35. The lowest BCUT2D eigenvalue weighted by Gasteiger charge is -2.16. The third-order valence-corrected chi connectivity index (χ3v) is 3.48. The lowest BCUT2D eigenvalue weighted by molar-refractivity contribution is 0.237. The molecule has 1 unspecified atom stereocenters. The molecule has 1 aromatic carbocycles. The molecule has 6 heteroatoms. The van der Waals surface area contributed by atoms with E-state index in [-0.39, 0.29) is 12.1 Å². The molecule has 2 amide bonds. The summed E-state index contributed by atoms with van der Waals surface area (Å²) in [6.07, 6.45) is 1.67. The second-order valence-electron chi connectivity index (χ2n) is 5.26. The van der Waals surface area contributed by atoms with Crippen molar-refractivity contribution in [2.75, 3.05) is 13.7 Å². The Morgan fingerprint density at radius 1 is 1.29 bits per heavy atom. The van der Waals surface area contributed by atoms with Crippen molar-refractivity contribution in [3.63, 3.8) is 0 Å². The van der Waals surface area contributed by atoms with Crippen LogP contribution in [0.1, 0.15) is 31.0 Å². The van der Waals surface area contributed by atoms with Gasteiger partial charge in [0.05, 0.1) is 19.8 Å². The second kappa shape index (κ2) is 8.76. The molecule has 0 aliphatic carbocycles. The molecule has 2 aromatic rings. The lowest BCUT2D eigenvalue weighted by Crippen LogP contribution is -2.36. The molecule has 24 heavy (non-hydrogen) atoms. The number of hydrogen-bond acceptors (Lipinski definition) is 4. The van der Waals surface area contributed by atoms with Gasteiger partial charge in [0, 0.05) is 18.8 Å². The third kappa shape index (κ3) is 5.15. The maximum Gasteiger partial charge on any atom is 0.315 e. The van der Waals surface area contributed by atoms with Crippen molar-refractivity contribution < 1.29 is 14.3 Å². The van der Waals surface area contributed by atoms with Gasteiger partial charge in [0.25, 0.3) is 0 Å². The molecule has 6 nitrogen and oxygen atoms in total. The van der Waals surface area contributed by atoms with Crippen LogP contribution in [0.25, 0.3) is 0 Å². The van der Waals surface area contributed by atoms with E-state index >= 15 is 0 Å². The predicted octanol–water partition coefficient (Wildman–Crippen LogP) is 3.05. The molecule has 0 aliphatic rings. The van der Waals surface area contributed by atoms with Crippen molar-refractivity contribution >= 4 is 6.03 Å². The summed E-state index contributed by atoms with van der Waals surface area (Å²) in [4.78, 5) is 16.1. The fourth-order valence-electron chi connectivity index (χ4n) is 2.19. The first-order valence-corrected chi connectivity index (χ1v) is 7.88. The van der Waals surface area contributed by atoms with Crippen LogP contribution in [0.3, 0.4) is 0 Å². The van der Waals surface area contributed by atoms with Gasteiger partial charge < -0.3 is 20.1 Å². The topological polar surface area (TPSA) is 72.5 Å². The highest BCUT2D eigenvalue weighted by Crippen LogP contribution is 2.19. The fraction of sp³-hybridized carbons (Fsp3) is 0.333. The highest BCUT2D eigenvalue weighted by Gasteiger charge is 2.10. The van der Waals surface area contributed by atoms with Gasteiger partial charge in [0.1, 0.15) is 5.75 Å². The maximum absolute atomic E-state index is 12.0. The second-order valence-corrected chi connectivity index (χ2v) is 5.26. The van der Waals surface area contributed by atoms with Crippen LogP contribution in [0.15, 0.2) is 42.6 Å². The molecule has 2 rings (SSSR count). The number of urea groups is 1. The minimum absolute atomic E-state index is 0.126. The number of hydrogen-bond donors (Lipinski definition) is 2. The molecule has 0 bridgehead atoms. The molecule has 2 N–H and O–H groups in total. The van der Waals surface area contributed by atoms with Crippen molar-refractivity contribution in [2.45, 2.75) is 26.4 Å². The number of aromatic nitrogens is 1. The minimum atomic E-state index is -0.236. The molecule has 0 radical (unpaired) electrons. The van der Waals surface area contributed by atoms with Crippen LogP contribution in [0.4, 0.5) is 4.79 Å². The Bertz CT molecular complexity index is 659. The van der Waals surface area contributed by atoms with Crippen LogP contribution in [0.2, 0.25) is 0 Å². The van der Waals surface area contributed by atoms with Gasteiger partial charge in [-0.2, -0.15) is 0 Å². The Morgan fingerprint density at radius 3 is 2.79 bits per heavy atom. The minimum Gasteiger partial charge on any atom is -0.494 e. The van der Waals surface area contributed by atoms with Crippen molar-refractivity contribution in [1.82, 2.24) is 15.6 Å². The Hall–Kier alpha value is -2.76. The number of methoxy groups -OCH3 is 1. The van der Waals surface area contributed by atoms with Crippen molar-refractivity contribution in [3.05, 3.63) is 53.7 Å². The summed E-state index contributed by atoms with van der Waals surface area (Å²) < 4.78 is 10.5. The van der Waals surface area contributed by atoms with Gasteiger partial charge >= 0.3 is 6.03 Å². The standard InChI is InChI=1S/C18H23N3O3/c1-4-24-16-7-5-6-15(10-16)13(2)21-18(22)20-12-14-8-9-17(23-3)19-11-14/h5-11,13H,4,12H2,1-3H3,(H2,20,21,22). The van der Waals surface area contributed by atoms with Crippen molar-refractivity contribution in [1.29, 1.82) is 0 Å². The molecule has 0 saturated carbocycles. The number of rotatable bonds is 7. The van der Waals surface area contributed by atoms with Gasteiger partial charge in [-0.15, -0.1) is 0 Å². The van der Waals surface area contributed by atoms with E-state index in [4.69, 9.17) is 9.47 Å². The molecular formula is C18H23N3O3. The highest BCUT2D eigenvalue weighted by atomic mass is 16.5. The normalized spacial score (nSPS) is 11.5. The van der Waals surface area contributed by atoms with Crippen molar-refractivity contribution in [3.8, 4) is 11.6 Å². The molecule has 0 spiro atoms. The zero-order valence-electron chi connectivity index (χ0n) is 14.2. The van der Waals surface area contributed by atoms with Crippen LogP contribution >= 0.6 is 0 Å². The number of amides is 2. The fourth-order valence-corrected chi connectivity index (χ4v) is 2.19. The molecule has 1 atom stereocenters. The Labute approximate surface area is 142 Å². The first-order valence-electron chi connectivity index (χ1n) is 7.88. The van der Waals surface area contributed by atoms with Crippen LogP contribution < -0.4 is 20.1 Å². The van der Waals surface area contributed by atoms with Crippen LogP contribution in [0, 0.1) is 0 Å². The average Bonchev–Trinajstić information content (AvgIpc) is 2.61. The van der Waals surface area contributed by atoms with Crippen LogP contribution in [0.5, 0.6) is 11.6 Å². The monoisotopic (exact) mass is 329 g/mol. The number of ether oxygens (including phenoxy) is 2. The summed E-state index contributed by atoms with van der Waals surface area (Å²) in [6, 6.07) is 11.0. The number of pyridine rings is 1. The summed E-state index contributed by atoms with van der Waals surface area (Å²) in [5.41, 5.74) is 1.89. The van der Waals surface area contributed by atoms with E-state index in [1.54, 1.807) is 19.4 Å². The van der Waals surface area contributed by atoms with Gasteiger partial charge in [0.15, 0.2) is 0 Å². The molecule has 1 heterocycles. The molecule has 0 aliphatic heterocycles. The number of nitrogens with one attached hydrogen (secondary N) is 2. The maximum atomic E-state index is 12.0. The smallest absolute Gasteiger partial charge is 0.315 e. The van der Waals surface area contributed by atoms with E-state index in [2.05, 4.69) is 15.6 Å². The Balaban J connectivity index is 1.85. The highest BCUT2D eigenvalue weighted by molar-refractivity contribution is 5.74. The summed E-state index contributed by atoms with van der Waals surface area (Å²) in [7, 11) is 1.57. The first kappa shape index (κ1) is 17.6. The molecule has 0 saturated heterocycles. The van der Waals surface area contributed by atoms with Gasteiger partial charge in [-0.25, -0.2) is 9.78 Å². The summed E-state index contributed by atoms with van der Waals surface area (Å²) in [5, 5.41) is 5.72. The summed E-state index contributed by atoms with van der Waals surface area (Å²) in [6.45, 7) is 4.88. The van der Waals surface area contributed by atoms with E-state index in [0.29, 0.717) is 19.0 Å². The number of nitrogens with zero attached hydrogens (tertiary/aromatic N) is 1. The van der Waals surface area contributed by atoms with E-state index in [9.17, 15) is 4.79 Å². The molecule has 0 fully saturated rings. The van der Waals surface area contributed by atoms with E-state index in [0.717, 1.165) is 16.9 Å². The molecule has 1 aromatic heterocycles. The third-order valence-electron chi connectivity index (χ3n) is 3.48. The van der Waals surface area contributed by atoms with E-state index < -0.39 is 0 Å². The number of carbonyl (C=O) groups is 1. The molecule has 128 valence electrons. The van der Waals surface area contributed by atoms with Gasteiger partial charge in [-0.05, 0) is 37.1 Å². The van der Waals surface area contributed by atoms with Gasteiger partial charge in [0.2, 0.25) is 5.88 Å². The largest absolute Gasteiger partial charge is 0.494 e. The Morgan fingerprint density at radius 2 is 2.12 bits per heavy atom. The van der Waals surface area contributed by atoms with Crippen molar-refractivity contribution in [2.24, 2.45) is 0 Å².